The maximum absolute atomic E-state index is 12.3. The van der Waals surface area contributed by atoms with Crippen LogP contribution in [-0.2, 0) is 14.3 Å². The van der Waals surface area contributed by atoms with Crippen molar-refractivity contribution in [2.24, 2.45) is 11.8 Å². The predicted molar refractivity (Wildman–Crippen MR) is 65.1 cm³/mol. The maximum Gasteiger partial charge on any atom is 0.307 e. The van der Waals surface area contributed by atoms with E-state index < -0.39 is 11.9 Å². The highest BCUT2D eigenvalue weighted by Crippen LogP contribution is 2.36. The van der Waals surface area contributed by atoms with Crippen molar-refractivity contribution in [2.75, 3.05) is 19.7 Å². The van der Waals surface area contributed by atoms with E-state index in [1.165, 1.54) is 0 Å². The Balaban J connectivity index is 1.90. The highest BCUT2D eigenvalue weighted by atomic mass is 16.5. The van der Waals surface area contributed by atoms with Crippen molar-refractivity contribution in [2.45, 2.75) is 38.7 Å². The van der Waals surface area contributed by atoms with Crippen LogP contribution in [0.25, 0.3) is 0 Å². The molecule has 0 spiro atoms. The zero-order valence-electron chi connectivity index (χ0n) is 10.8. The maximum atomic E-state index is 12.3. The minimum absolute atomic E-state index is 0.0121. The number of carboxylic acid groups (broad SMARTS) is 1. The highest BCUT2D eigenvalue weighted by Gasteiger charge is 2.43. The van der Waals surface area contributed by atoms with E-state index in [9.17, 15) is 9.59 Å². The van der Waals surface area contributed by atoms with E-state index in [4.69, 9.17) is 9.84 Å². The molecule has 1 aliphatic carbocycles. The van der Waals surface area contributed by atoms with Crippen molar-refractivity contribution in [3.8, 4) is 0 Å². The lowest BCUT2D eigenvalue weighted by Gasteiger charge is -2.39. The number of aliphatic carboxylic acids is 1. The van der Waals surface area contributed by atoms with Crippen molar-refractivity contribution >= 4 is 11.9 Å². The zero-order chi connectivity index (χ0) is 13.1. The molecule has 2 rings (SSSR count). The topological polar surface area (TPSA) is 66.8 Å². The smallest absolute Gasteiger partial charge is 0.307 e. The molecule has 0 bridgehead atoms. The van der Waals surface area contributed by atoms with Crippen molar-refractivity contribution in [1.29, 1.82) is 0 Å². The molecule has 102 valence electrons. The Morgan fingerprint density at radius 3 is 2.61 bits per heavy atom. The molecule has 3 atom stereocenters. The number of nitrogens with zero attached hydrogens (tertiary/aromatic N) is 1. The van der Waals surface area contributed by atoms with Crippen LogP contribution in [0.4, 0.5) is 0 Å². The first-order valence-electron chi connectivity index (χ1n) is 6.76. The van der Waals surface area contributed by atoms with E-state index >= 15 is 0 Å². The van der Waals surface area contributed by atoms with Crippen LogP contribution in [-0.4, -0.2) is 47.7 Å². The minimum atomic E-state index is -0.835. The first-order valence-corrected chi connectivity index (χ1v) is 6.76. The summed E-state index contributed by atoms with van der Waals surface area (Å²) in [5.74, 6) is -1.59. The van der Waals surface area contributed by atoms with Gasteiger partial charge < -0.3 is 14.7 Å². The van der Waals surface area contributed by atoms with Crippen LogP contribution in [0.5, 0.6) is 0 Å². The quantitative estimate of drug-likeness (QED) is 0.817. The summed E-state index contributed by atoms with van der Waals surface area (Å²) < 4.78 is 5.59. The summed E-state index contributed by atoms with van der Waals surface area (Å²) in [6.45, 7) is 3.88. The minimum Gasteiger partial charge on any atom is -0.481 e. The fourth-order valence-electron chi connectivity index (χ4n) is 2.74. The van der Waals surface area contributed by atoms with E-state index in [-0.39, 0.29) is 17.9 Å². The molecule has 1 amide bonds. The standard InChI is InChI=1S/C13H21NO4/c1-2-3-9-8-14(6-7-18-9)12(15)10-4-5-11(10)13(16)17/h9-11H,2-8H2,1H3,(H,16,17). The summed E-state index contributed by atoms with van der Waals surface area (Å²) in [6, 6.07) is 0. The van der Waals surface area contributed by atoms with E-state index in [0.717, 1.165) is 12.8 Å². The van der Waals surface area contributed by atoms with Gasteiger partial charge >= 0.3 is 5.97 Å². The summed E-state index contributed by atoms with van der Waals surface area (Å²) in [6.07, 6.45) is 3.46. The van der Waals surface area contributed by atoms with Gasteiger partial charge in [-0.3, -0.25) is 9.59 Å². The van der Waals surface area contributed by atoms with E-state index in [2.05, 4.69) is 6.92 Å². The second kappa shape index (κ2) is 5.69. The third kappa shape index (κ3) is 2.66. The number of rotatable bonds is 4. The summed E-state index contributed by atoms with van der Waals surface area (Å²) in [7, 11) is 0. The van der Waals surface area contributed by atoms with Crippen LogP contribution >= 0.6 is 0 Å². The highest BCUT2D eigenvalue weighted by molar-refractivity contribution is 5.86. The van der Waals surface area contributed by atoms with Crippen molar-refractivity contribution in [3.63, 3.8) is 0 Å². The molecule has 2 aliphatic rings. The molecule has 1 heterocycles. The zero-order valence-corrected chi connectivity index (χ0v) is 10.8. The molecule has 0 aromatic carbocycles. The number of ether oxygens (including phenoxy) is 1. The van der Waals surface area contributed by atoms with Gasteiger partial charge in [0.25, 0.3) is 0 Å². The van der Waals surface area contributed by atoms with E-state index in [1.54, 1.807) is 4.90 Å². The van der Waals surface area contributed by atoms with Gasteiger partial charge in [0.05, 0.1) is 24.5 Å². The Bertz CT molecular complexity index is 329. The Hall–Kier alpha value is -1.10. The summed E-state index contributed by atoms with van der Waals surface area (Å²) in [5.41, 5.74) is 0. The van der Waals surface area contributed by atoms with Gasteiger partial charge in [0.1, 0.15) is 0 Å². The van der Waals surface area contributed by atoms with Gasteiger partial charge in [-0.25, -0.2) is 0 Å². The molecule has 0 radical (unpaired) electrons. The molecule has 0 aromatic rings. The van der Waals surface area contributed by atoms with Crippen molar-refractivity contribution in [3.05, 3.63) is 0 Å². The molecule has 1 saturated carbocycles. The lowest BCUT2D eigenvalue weighted by molar-refractivity contribution is -0.160. The van der Waals surface area contributed by atoms with Gasteiger partial charge in [-0.15, -0.1) is 0 Å². The molecule has 18 heavy (non-hydrogen) atoms. The number of hydrogen-bond donors (Lipinski definition) is 1. The van der Waals surface area contributed by atoms with Crippen LogP contribution in [0.2, 0.25) is 0 Å². The Kier molecular flexibility index (Phi) is 4.22. The first kappa shape index (κ1) is 13.3. The molecule has 1 N–H and O–H groups in total. The largest absolute Gasteiger partial charge is 0.481 e. The van der Waals surface area contributed by atoms with Gasteiger partial charge in [0.2, 0.25) is 5.91 Å². The summed E-state index contributed by atoms with van der Waals surface area (Å²) in [4.78, 5) is 25.0. The SMILES string of the molecule is CCCC1CN(C(=O)C2CCC2C(=O)O)CCO1. The molecule has 1 aliphatic heterocycles. The van der Waals surface area contributed by atoms with Crippen molar-refractivity contribution in [1.82, 2.24) is 4.90 Å². The Morgan fingerprint density at radius 2 is 2.06 bits per heavy atom. The second-order valence-electron chi connectivity index (χ2n) is 5.19. The number of carbonyl (C=O) groups excluding carboxylic acids is 1. The van der Waals surface area contributed by atoms with Crippen LogP contribution in [0.15, 0.2) is 0 Å². The molecule has 0 aromatic heterocycles. The molecule has 1 saturated heterocycles. The van der Waals surface area contributed by atoms with Crippen LogP contribution in [0.3, 0.4) is 0 Å². The number of morpholine rings is 1. The first-order chi connectivity index (χ1) is 8.63. The Labute approximate surface area is 107 Å². The third-order valence-corrected chi connectivity index (χ3v) is 3.97. The predicted octanol–water partition coefficient (Wildman–Crippen LogP) is 1.12. The van der Waals surface area contributed by atoms with Crippen LogP contribution in [0.1, 0.15) is 32.6 Å². The molecule has 5 nitrogen and oxygen atoms in total. The fourth-order valence-corrected chi connectivity index (χ4v) is 2.74. The molecular formula is C13H21NO4. The van der Waals surface area contributed by atoms with Gasteiger partial charge in [-0.2, -0.15) is 0 Å². The van der Waals surface area contributed by atoms with Gasteiger partial charge in [0, 0.05) is 13.1 Å². The second-order valence-corrected chi connectivity index (χ2v) is 5.19. The van der Waals surface area contributed by atoms with Gasteiger partial charge in [-0.05, 0) is 19.3 Å². The normalized spacial score (nSPS) is 31.8. The molecule has 3 unspecified atom stereocenters. The third-order valence-electron chi connectivity index (χ3n) is 3.97. The fraction of sp³-hybridized carbons (Fsp3) is 0.846. The lowest BCUT2D eigenvalue weighted by atomic mass is 9.73. The Morgan fingerprint density at radius 1 is 1.33 bits per heavy atom. The van der Waals surface area contributed by atoms with Crippen molar-refractivity contribution < 1.29 is 19.4 Å². The monoisotopic (exact) mass is 255 g/mol. The number of hydrogen-bond acceptors (Lipinski definition) is 3. The average molecular weight is 255 g/mol. The van der Waals surface area contributed by atoms with E-state index in [0.29, 0.717) is 32.5 Å². The molecular weight excluding hydrogens is 234 g/mol. The van der Waals surface area contributed by atoms with Crippen LogP contribution in [0, 0.1) is 11.8 Å². The molecule has 5 heteroatoms. The number of amides is 1. The van der Waals surface area contributed by atoms with Gasteiger partial charge in [0.15, 0.2) is 0 Å². The van der Waals surface area contributed by atoms with E-state index in [1.807, 2.05) is 0 Å². The molecule has 2 fully saturated rings. The lowest BCUT2D eigenvalue weighted by Crippen LogP contribution is -2.52. The van der Waals surface area contributed by atoms with Gasteiger partial charge in [-0.1, -0.05) is 13.3 Å². The number of carboxylic acids is 1. The summed E-state index contributed by atoms with van der Waals surface area (Å²) in [5, 5.41) is 8.99. The summed E-state index contributed by atoms with van der Waals surface area (Å²) >= 11 is 0. The average Bonchev–Trinajstić information content (AvgIpc) is 2.27. The van der Waals surface area contributed by atoms with Crippen LogP contribution < -0.4 is 0 Å². The number of carbonyl (C=O) groups is 2.